The van der Waals surface area contributed by atoms with Gasteiger partial charge in [0, 0.05) is 11.8 Å². The van der Waals surface area contributed by atoms with Crippen LogP contribution in [0.1, 0.15) is 38.8 Å². The van der Waals surface area contributed by atoms with Gasteiger partial charge >= 0.3 is 0 Å². The first-order valence-electron chi connectivity index (χ1n) is 5.05. The highest BCUT2D eigenvalue weighted by atomic mass is 16.5. The molecule has 0 saturated carbocycles. The average Bonchev–Trinajstić information content (AvgIpc) is 2.07. The normalized spacial score (nSPS) is 11.5. The topological polar surface area (TPSA) is 22.1 Å². The summed E-state index contributed by atoms with van der Waals surface area (Å²) in [7, 11) is 0. The van der Waals surface area contributed by atoms with E-state index in [0.717, 1.165) is 11.4 Å². The molecule has 78 valence electrons. The molecule has 0 aliphatic carbocycles. The van der Waals surface area contributed by atoms with E-state index in [9.17, 15) is 0 Å². The van der Waals surface area contributed by atoms with E-state index < -0.39 is 0 Å². The Bertz CT molecular complexity index is 313. The summed E-state index contributed by atoms with van der Waals surface area (Å²) in [5.74, 6) is 0.764. The first-order chi connectivity index (χ1) is 6.46. The molecule has 0 N–H and O–H groups in total. The molecule has 0 unspecified atom stereocenters. The van der Waals surface area contributed by atoms with E-state index in [4.69, 9.17) is 4.74 Å². The molecule has 0 fully saturated rings. The standard InChI is InChI=1S/C12H19NO/c1-6-14-11-9(2)10(7-8-13-11)12(3,4)5/h7-8H,6H2,1-5H3. The monoisotopic (exact) mass is 193 g/mol. The van der Waals surface area contributed by atoms with E-state index in [1.807, 2.05) is 13.1 Å². The third-order valence-corrected chi connectivity index (χ3v) is 2.25. The summed E-state index contributed by atoms with van der Waals surface area (Å²) in [5, 5.41) is 0. The first-order valence-corrected chi connectivity index (χ1v) is 5.05. The number of hydrogen-bond acceptors (Lipinski definition) is 2. The Morgan fingerprint density at radius 1 is 1.36 bits per heavy atom. The van der Waals surface area contributed by atoms with Crippen LogP contribution in [0.5, 0.6) is 5.88 Å². The Hall–Kier alpha value is -1.05. The van der Waals surface area contributed by atoms with Gasteiger partial charge in [0.25, 0.3) is 0 Å². The molecule has 1 heterocycles. The van der Waals surface area contributed by atoms with E-state index in [0.29, 0.717) is 6.61 Å². The summed E-state index contributed by atoms with van der Waals surface area (Å²) in [6.07, 6.45) is 1.82. The van der Waals surface area contributed by atoms with Gasteiger partial charge in [0.1, 0.15) is 0 Å². The molecule has 0 amide bonds. The molecule has 1 aromatic heterocycles. The Kier molecular flexibility index (Phi) is 3.14. The van der Waals surface area contributed by atoms with E-state index in [-0.39, 0.29) is 5.41 Å². The average molecular weight is 193 g/mol. The van der Waals surface area contributed by atoms with Gasteiger partial charge in [-0.25, -0.2) is 4.98 Å². The Labute approximate surface area is 86.3 Å². The lowest BCUT2D eigenvalue weighted by molar-refractivity contribution is 0.323. The summed E-state index contributed by atoms with van der Waals surface area (Å²) in [4.78, 5) is 4.22. The fraction of sp³-hybridized carbons (Fsp3) is 0.583. The van der Waals surface area contributed by atoms with Gasteiger partial charge in [0.15, 0.2) is 0 Å². The summed E-state index contributed by atoms with van der Waals surface area (Å²) in [6, 6.07) is 2.07. The predicted octanol–water partition coefficient (Wildman–Crippen LogP) is 3.09. The van der Waals surface area contributed by atoms with Gasteiger partial charge < -0.3 is 4.74 Å². The number of aromatic nitrogens is 1. The van der Waals surface area contributed by atoms with Crippen molar-refractivity contribution < 1.29 is 4.74 Å². The maximum Gasteiger partial charge on any atom is 0.216 e. The molecule has 0 aromatic carbocycles. The van der Waals surface area contributed by atoms with Crippen molar-refractivity contribution in [2.45, 2.75) is 40.0 Å². The van der Waals surface area contributed by atoms with E-state index in [1.54, 1.807) is 0 Å². The molecule has 2 nitrogen and oxygen atoms in total. The zero-order valence-corrected chi connectivity index (χ0v) is 9.72. The van der Waals surface area contributed by atoms with E-state index in [2.05, 4.69) is 38.7 Å². The molecule has 0 atom stereocenters. The number of pyridine rings is 1. The molecule has 0 bridgehead atoms. The molecule has 14 heavy (non-hydrogen) atoms. The largest absolute Gasteiger partial charge is 0.478 e. The molecule has 2 heteroatoms. The maximum absolute atomic E-state index is 5.46. The van der Waals surface area contributed by atoms with Gasteiger partial charge in [-0.05, 0) is 30.9 Å². The number of hydrogen-bond donors (Lipinski definition) is 0. The summed E-state index contributed by atoms with van der Waals surface area (Å²) < 4.78 is 5.46. The van der Waals surface area contributed by atoms with Crippen LogP contribution in [0.4, 0.5) is 0 Å². The molecule has 1 aromatic rings. The van der Waals surface area contributed by atoms with Crippen LogP contribution in [-0.2, 0) is 5.41 Å². The second-order valence-electron chi connectivity index (χ2n) is 4.47. The van der Waals surface area contributed by atoms with Crippen LogP contribution in [0.3, 0.4) is 0 Å². The van der Waals surface area contributed by atoms with Crippen molar-refractivity contribution in [1.82, 2.24) is 4.98 Å². The highest BCUT2D eigenvalue weighted by Gasteiger charge is 2.18. The van der Waals surface area contributed by atoms with Crippen molar-refractivity contribution in [3.8, 4) is 5.88 Å². The van der Waals surface area contributed by atoms with Crippen LogP contribution >= 0.6 is 0 Å². The smallest absolute Gasteiger partial charge is 0.216 e. The van der Waals surface area contributed by atoms with Crippen LogP contribution < -0.4 is 4.74 Å². The van der Waals surface area contributed by atoms with Crippen molar-refractivity contribution in [1.29, 1.82) is 0 Å². The molecule has 0 spiro atoms. The van der Waals surface area contributed by atoms with E-state index >= 15 is 0 Å². The SMILES string of the molecule is CCOc1nccc(C(C)(C)C)c1C. The molecule has 0 saturated heterocycles. The van der Waals surface area contributed by atoms with Crippen LogP contribution in [0, 0.1) is 6.92 Å². The zero-order valence-electron chi connectivity index (χ0n) is 9.72. The minimum absolute atomic E-state index is 0.152. The van der Waals surface area contributed by atoms with Crippen molar-refractivity contribution in [2.24, 2.45) is 0 Å². The second-order valence-corrected chi connectivity index (χ2v) is 4.47. The van der Waals surface area contributed by atoms with Gasteiger partial charge in [-0.1, -0.05) is 20.8 Å². The minimum atomic E-state index is 0.152. The van der Waals surface area contributed by atoms with Gasteiger partial charge in [-0.15, -0.1) is 0 Å². The lowest BCUT2D eigenvalue weighted by Gasteiger charge is -2.22. The third kappa shape index (κ3) is 2.25. The quantitative estimate of drug-likeness (QED) is 0.720. The lowest BCUT2D eigenvalue weighted by Crippen LogP contribution is -2.14. The van der Waals surface area contributed by atoms with Crippen molar-refractivity contribution in [2.75, 3.05) is 6.61 Å². The van der Waals surface area contributed by atoms with Crippen molar-refractivity contribution >= 4 is 0 Å². The van der Waals surface area contributed by atoms with Crippen molar-refractivity contribution in [3.63, 3.8) is 0 Å². The first kappa shape index (κ1) is 11.0. The molecular formula is C12H19NO. The molecule has 0 aliphatic rings. The molecular weight excluding hydrogens is 174 g/mol. The number of ether oxygens (including phenoxy) is 1. The van der Waals surface area contributed by atoms with Crippen LogP contribution in [0.15, 0.2) is 12.3 Å². The number of rotatable bonds is 2. The summed E-state index contributed by atoms with van der Waals surface area (Å²) >= 11 is 0. The number of nitrogens with zero attached hydrogens (tertiary/aromatic N) is 1. The predicted molar refractivity (Wildman–Crippen MR) is 58.8 cm³/mol. The van der Waals surface area contributed by atoms with Crippen molar-refractivity contribution in [3.05, 3.63) is 23.4 Å². The zero-order chi connectivity index (χ0) is 10.8. The van der Waals surface area contributed by atoms with Gasteiger partial charge in [0.2, 0.25) is 5.88 Å². The highest BCUT2D eigenvalue weighted by Crippen LogP contribution is 2.29. The van der Waals surface area contributed by atoms with E-state index in [1.165, 1.54) is 5.56 Å². The Morgan fingerprint density at radius 3 is 2.50 bits per heavy atom. The highest BCUT2D eigenvalue weighted by molar-refractivity contribution is 5.37. The molecule has 0 aliphatic heterocycles. The van der Waals surface area contributed by atoms with Gasteiger partial charge in [-0.3, -0.25) is 0 Å². The summed E-state index contributed by atoms with van der Waals surface area (Å²) in [5.41, 5.74) is 2.61. The van der Waals surface area contributed by atoms with Gasteiger partial charge in [0.05, 0.1) is 6.61 Å². The minimum Gasteiger partial charge on any atom is -0.478 e. The molecule has 0 radical (unpaired) electrons. The fourth-order valence-electron chi connectivity index (χ4n) is 1.61. The van der Waals surface area contributed by atoms with Crippen LogP contribution in [-0.4, -0.2) is 11.6 Å². The summed E-state index contributed by atoms with van der Waals surface area (Å²) in [6.45, 7) is 11.3. The van der Waals surface area contributed by atoms with Gasteiger partial charge in [-0.2, -0.15) is 0 Å². The maximum atomic E-state index is 5.46. The lowest BCUT2D eigenvalue weighted by atomic mass is 9.85. The fourth-order valence-corrected chi connectivity index (χ4v) is 1.61. The van der Waals surface area contributed by atoms with Crippen LogP contribution in [0.2, 0.25) is 0 Å². The van der Waals surface area contributed by atoms with Crippen LogP contribution in [0.25, 0.3) is 0 Å². The second kappa shape index (κ2) is 3.99. The Morgan fingerprint density at radius 2 is 2.00 bits per heavy atom. The third-order valence-electron chi connectivity index (χ3n) is 2.25. The Balaban J connectivity index is 3.14. The molecule has 1 rings (SSSR count).